The van der Waals surface area contributed by atoms with Crippen molar-refractivity contribution < 1.29 is 14.3 Å². The van der Waals surface area contributed by atoms with Crippen LogP contribution in [0.15, 0.2) is 59.5 Å². The van der Waals surface area contributed by atoms with E-state index in [-0.39, 0.29) is 5.97 Å². The molecule has 0 aliphatic heterocycles. The van der Waals surface area contributed by atoms with E-state index >= 15 is 0 Å². The van der Waals surface area contributed by atoms with Gasteiger partial charge >= 0.3 is 5.97 Å². The normalized spacial score (nSPS) is 10.6. The maximum absolute atomic E-state index is 12.2. The first-order valence-corrected chi connectivity index (χ1v) is 8.72. The van der Waals surface area contributed by atoms with Crippen LogP contribution in [0.2, 0.25) is 0 Å². The standard InChI is InChI=1S/C19H22O3S/c1-15(2)12-13-21-19(20)17-10-6-7-11-18(17)22-14-23-16-8-4-3-5-9-16/h3-11,15H,12-14H2,1-2H3. The lowest BCUT2D eigenvalue weighted by Gasteiger charge is -2.11. The quantitative estimate of drug-likeness (QED) is 0.387. The molecule has 2 aromatic carbocycles. The van der Waals surface area contributed by atoms with Gasteiger partial charge in [0.25, 0.3) is 0 Å². The van der Waals surface area contributed by atoms with Crippen molar-refractivity contribution in [3.63, 3.8) is 0 Å². The van der Waals surface area contributed by atoms with Gasteiger partial charge in [-0.2, -0.15) is 0 Å². The van der Waals surface area contributed by atoms with Crippen LogP contribution in [-0.4, -0.2) is 18.5 Å². The number of para-hydroxylation sites is 1. The van der Waals surface area contributed by atoms with Gasteiger partial charge in [0.15, 0.2) is 0 Å². The van der Waals surface area contributed by atoms with Gasteiger partial charge in [-0.05, 0) is 36.6 Å². The summed E-state index contributed by atoms with van der Waals surface area (Å²) in [6.07, 6.45) is 0.860. The third kappa shape index (κ3) is 5.99. The number of hydrogen-bond acceptors (Lipinski definition) is 4. The van der Waals surface area contributed by atoms with Crippen molar-refractivity contribution in [2.45, 2.75) is 25.2 Å². The molecule has 0 atom stereocenters. The molecule has 0 saturated carbocycles. The molecule has 0 saturated heterocycles. The second kappa shape index (κ2) is 9.26. The average Bonchev–Trinajstić information content (AvgIpc) is 2.56. The van der Waals surface area contributed by atoms with Crippen molar-refractivity contribution in [1.82, 2.24) is 0 Å². The zero-order valence-corrected chi connectivity index (χ0v) is 14.3. The lowest BCUT2D eigenvalue weighted by atomic mass is 10.1. The van der Waals surface area contributed by atoms with Gasteiger partial charge in [0, 0.05) is 4.90 Å². The summed E-state index contributed by atoms with van der Waals surface area (Å²) in [5.41, 5.74) is 0.477. The molecule has 2 aromatic rings. The zero-order valence-electron chi connectivity index (χ0n) is 13.5. The summed E-state index contributed by atoms with van der Waals surface area (Å²) in [6.45, 7) is 4.64. The van der Waals surface area contributed by atoms with E-state index in [1.165, 1.54) is 0 Å². The molecule has 122 valence electrons. The molecule has 0 unspecified atom stereocenters. The van der Waals surface area contributed by atoms with Gasteiger partial charge in [-0.15, -0.1) is 0 Å². The summed E-state index contributed by atoms with van der Waals surface area (Å²) >= 11 is 1.58. The highest BCUT2D eigenvalue weighted by Gasteiger charge is 2.13. The first-order valence-electron chi connectivity index (χ1n) is 7.73. The predicted molar refractivity (Wildman–Crippen MR) is 94.0 cm³/mol. The molecule has 0 aromatic heterocycles. The Labute approximate surface area is 142 Å². The Morgan fingerprint density at radius 1 is 1.04 bits per heavy atom. The minimum Gasteiger partial charge on any atom is -0.482 e. The maximum atomic E-state index is 12.2. The van der Waals surface area contributed by atoms with Crippen molar-refractivity contribution in [2.24, 2.45) is 5.92 Å². The van der Waals surface area contributed by atoms with Crippen molar-refractivity contribution in [2.75, 3.05) is 12.5 Å². The van der Waals surface area contributed by atoms with E-state index < -0.39 is 0 Å². The molecule has 0 bridgehead atoms. The van der Waals surface area contributed by atoms with Gasteiger partial charge in [-0.1, -0.05) is 55.9 Å². The number of carbonyl (C=O) groups excluding carboxylic acids is 1. The second-order valence-corrected chi connectivity index (χ2v) is 6.53. The van der Waals surface area contributed by atoms with Gasteiger partial charge < -0.3 is 9.47 Å². The molecule has 0 radical (unpaired) electrons. The topological polar surface area (TPSA) is 35.5 Å². The number of rotatable bonds is 8. The molecule has 0 amide bonds. The highest BCUT2D eigenvalue weighted by atomic mass is 32.2. The number of carbonyl (C=O) groups is 1. The molecule has 0 spiro atoms. The molecule has 0 aliphatic rings. The monoisotopic (exact) mass is 330 g/mol. The average molecular weight is 330 g/mol. The number of ether oxygens (including phenoxy) is 2. The fourth-order valence-corrected chi connectivity index (χ4v) is 2.58. The Balaban J connectivity index is 1.90. The van der Waals surface area contributed by atoms with Gasteiger partial charge in [-0.25, -0.2) is 4.79 Å². The number of thioether (sulfide) groups is 1. The van der Waals surface area contributed by atoms with Crippen LogP contribution in [0.4, 0.5) is 0 Å². The van der Waals surface area contributed by atoms with Crippen molar-refractivity contribution in [3.8, 4) is 5.75 Å². The number of hydrogen-bond donors (Lipinski definition) is 0. The van der Waals surface area contributed by atoms with Crippen LogP contribution in [-0.2, 0) is 4.74 Å². The van der Waals surface area contributed by atoms with E-state index in [4.69, 9.17) is 9.47 Å². The summed E-state index contributed by atoms with van der Waals surface area (Å²) in [6, 6.07) is 17.2. The lowest BCUT2D eigenvalue weighted by molar-refractivity contribution is 0.0484. The van der Waals surface area contributed by atoms with E-state index in [9.17, 15) is 4.79 Å². The van der Waals surface area contributed by atoms with E-state index in [1.54, 1.807) is 23.9 Å². The third-order valence-corrected chi connectivity index (χ3v) is 4.06. The Hall–Kier alpha value is -1.94. The van der Waals surface area contributed by atoms with E-state index in [2.05, 4.69) is 13.8 Å². The minimum absolute atomic E-state index is 0.328. The van der Waals surface area contributed by atoms with Crippen molar-refractivity contribution in [1.29, 1.82) is 0 Å². The van der Waals surface area contributed by atoms with Crippen LogP contribution >= 0.6 is 11.8 Å². The maximum Gasteiger partial charge on any atom is 0.341 e. The molecule has 4 heteroatoms. The van der Waals surface area contributed by atoms with Gasteiger partial charge in [0.1, 0.15) is 17.3 Å². The SMILES string of the molecule is CC(C)CCOC(=O)c1ccccc1OCSc1ccccc1. The van der Waals surface area contributed by atoms with Crippen LogP contribution in [0.1, 0.15) is 30.6 Å². The predicted octanol–water partition coefficient (Wildman–Crippen LogP) is 5.02. The Morgan fingerprint density at radius 3 is 2.48 bits per heavy atom. The van der Waals surface area contributed by atoms with Gasteiger partial charge in [0.2, 0.25) is 0 Å². The van der Waals surface area contributed by atoms with Crippen molar-refractivity contribution >= 4 is 17.7 Å². The summed E-state index contributed by atoms with van der Waals surface area (Å²) in [4.78, 5) is 13.3. The summed E-state index contributed by atoms with van der Waals surface area (Å²) in [5.74, 6) is 1.19. The summed E-state index contributed by atoms with van der Waals surface area (Å²) in [5, 5.41) is 0. The first-order chi connectivity index (χ1) is 11.2. The van der Waals surface area contributed by atoms with Crippen molar-refractivity contribution in [3.05, 3.63) is 60.2 Å². The molecular weight excluding hydrogens is 308 g/mol. The largest absolute Gasteiger partial charge is 0.482 e. The first kappa shape index (κ1) is 17.4. The number of benzene rings is 2. The van der Waals surface area contributed by atoms with Crippen LogP contribution in [0.3, 0.4) is 0 Å². The molecular formula is C19H22O3S. The fraction of sp³-hybridized carbons (Fsp3) is 0.316. The summed E-state index contributed by atoms with van der Waals surface area (Å²) in [7, 11) is 0. The Bertz CT molecular complexity index is 611. The molecule has 3 nitrogen and oxygen atoms in total. The molecule has 0 aliphatic carbocycles. The molecule has 23 heavy (non-hydrogen) atoms. The van der Waals surface area contributed by atoms with E-state index in [0.29, 0.717) is 29.8 Å². The molecule has 0 N–H and O–H groups in total. The third-order valence-electron chi connectivity index (χ3n) is 3.22. The highest BCUT2D eigenvalue weighted by Crippen LogP contribution is 2.23. The van der Waals surface area contributed by atoms with E-state index in [0.717, 1.165) is 11.3 Å². The molecule has 0 heterocycles. The molecule has 2 rings (SSSR count). The minimum atomic E-state index is -0.328. The Kier molecular flexibility index (Phi) is 7.01. The van der Waals surface area contributed by atoms with Gasteiger partial charge in [-0.3, -0.25) is 0 Å². The van der Waals surface area contributed by atoms with Gasteiger partial charge in [0.05, 0.1) is 6.61 Å². The highest BCUT2D eigenvalue weighted by molar-refractivity contribution is 7.99. The second-order valence-electron chi connectivity index (χ2n) is 5.53. The van der Waals surface area contributed by atoms with Crippen LogP contribution in [0.5, 0.6) is 5.75 Å². The molecule has 0 fully saturated rings. The summed E-state index contributed by atoms with van der Waals surface area (Å²) < 4.78 is 11.1. The Morgan fingerprint density at radius 2 is 1.74 bits per heavy atom. The lowest BCUT2D eigenvalue weighted by Crippen LogP contribution is -2.10. The fourth-order valence-electron chi connectivity index (χ4n) is 1.90. The smallest absolute Gasteiger partial charge is 0.341 e. The zero-order chi connectivity index (χ0) is 16.5. The van der Waals surface area contributed by atoms with Crippen LogP contribution < -0.4 is 4.74 Å². The van der Waals surface area contributed by atoms with E-state index in [1.807, 2.05) is 42.5 Å². The van der Waals surface area contributed by atoms with Crippen LogP contribution in [0, 0.1) is 5.92 Å². The number of esters is 1. The van der Waals surface area contributed by atoms with Crippen LogP contribution in [0.25, 0.3) is 0 Å².